The van der Waals surface area contributed by atoms with E-state index in [2.05, 4.69) is 0 Å². The van der Waals surface area contributed by atoms with E-state index in [1.165, 1.54) is 0 Å². The van der Waals surface area contributed by atoms with Crippen molar-refractivity contribution in [3.05, 3.63) is 66.2 Å². The molecule has 4 nitrogen and oxygen atoms in total. The highest BCUT2D eigenvalue weighted by Gasteiger charge is 2.31. The maximum absolute atomic E-state index is 10.3. The molecule has 0 heterocycles. The molecule has 2 aromatic rings. The first-order valence-corrected chi connectivity index (χ1v) is 6.92. The third kappa shape index (κ3) is 4.04. The fourth-order valence-corrected chi connectivity index (χ4v) is 2.02. The molecule has 112 valence electrons. The fourth-order valence-electron chi connectivity index (χ4n) is 2.02. The summed E-state index contributed by atoms with van der Waals surface area (Å²) in [5.74, 6) is 0. The van der Waals surface area contributed by atoms with Crippen molar-refractivity contribution in [2.75, 3.05) is 18.3 Å². The highest BCUT2D eigenvalue weighted by molar-refractivity contribution is 5.45. The van der Waals surface area contributed by atoms with Crippen LogP contribution < -0.4 is 5.06 Å². The van der Waals surface area contributed by atoms with E-state index in [0.29, 0.717) is 12.3 Å². The minimum atomic E-state index is -0.893. The SMILES string of the molecule is CC(CO)(COCc1ccccc1)N(O)c1ccccc1. The number of nitrogens with zero attached hydrogens (tertiary/aromatic N) is 1. The van der Waals surface area contributed by atoms with Crippen LogP contribution in [0.25, 0.3) is 0 Å². The summed E-state index contributed by atoms with van der Waals surface area (Å²) in [7, 11) is 0. The third-order valence-electron chi connectivity index (χ3n) is 3.38. The predicted octanol–water partition coefficient (Wildman–Crippen LogP) is 2.85. The van der Waals surface area contributed by atoms with Gasteiger partial charge in [-0.3, -0.25) is 5.21 Å². The number of hydroxylamine groups is 1. The molecule has 21 heavy (non-hydrogen) atoms. The molecule has 2 rings (SSSR count). The molecule has 0 aliphatic carbocycles. The van der Waals surface area contributed by atoms with E-state index in [1.54, 1.807) is 19.1 Å². The lowest BCUT2D eigenvalue weighted by Gasteiger charge is -2.36. The zero-order valence-corrected chi connectivity index (χ0v) is 12.1. The Morgan fingerprint density at radius 1 is 1.00 bits per heavy atom. The van der Waals surface area contributed by atoms with Crippen LogP contribution in [-0.2, 0) is 11.3 Å². The summed E-state index contributed by atoms with van der Waals surface area (Å²) in [5.41, 5.74) is 0.787. The van der Waals surface area contributed by atoms with Gasteiger partial charge in [-0.2, -0.15) is 0 Å². The van der Waals surface area contributed by atoms with Gasteiger partial charge in [-0.05, 0) is 24.6 Å². The zero-order chi connectivity index (χ0) is 15.1. The lowest BCUT2D eigenvalue weighted by atomic mass is 10.0. The lowest BCUT2D eigenvalue weighted by molar-refractivity contribution is 0.00931. The topological polar surface area (TPSA) is 52.9 Å². The molecule has 4 heteroatoms. The molecule has 0 saturated carbocycles. The van der Waals surface area contributed by atoms with Gasteiger partial charge in [-0.25, -0.2) is 5.06 Å². The Bertz CT molecular complexity index is 532. The Balaban J connectivity index is 1.97. The van der Waals surface area contributed by atoms with Crippen molar-refractivity contribution in [2.24, 2.45) is 0 Å². The van der Waals surface area contributed by atoms with E-state index in [0.717, 1.165) is 10.6 Å². The summed E-state index contributed by atoms with van der Waals surface area (Å²) in [4.78, 5) is 0. The van der Waals surface area contributed by atoms with Gasteiger partial charge in [0, 0.05) is 0 Å². The molecular formula is C17H21NO3. The molecule has 0 amide bonds. The highest BCUT2D eigenvalue weighted by Crippen LogP contribution is 2.22. The van der Waals surface area contributed by atoms with Gasteiger partial charge < -0.3 is 9.84 Å². The first-order valence-electron chi connectivity index (χ1n) is 6.92. The first kappa shape index (κ1) is 15.5. The predicted molar refractivity (Wildman–Crippen MR) is 82.3 cm³/mol. The summed E-state index contributed by atoms with van der Waals surface area (Å²) in [6.45, 7) is 2.20. The van der Waals surface area contributed by atoms with Crippen molar-refractivity contribution in [3.63, 3.8) is 0 Å². The standard InChI is InChI=1S/C17H21NO3/c1-17(13-19,18(20)16-10-6-3-7-11-16)14-21-12-15-8-4-2-5-9-15/h2-11,19-20H,12-14H2,1H3. The number of para-hydroxylation sites is 1. The molecule has 1 atom stereocenters. The van der Waals surface area contributed by atoms with Crippen LogP contribution in [0.15, 0.2) is 60.7 Å². The van der Waals surface area contributed by atoms with Crippen LogP contribution in [0.5, 0.6) is 0 Å². The van der Waals surface area contributed by atoms with Crippen LogP contribution in [-0.4, -0.2) is 29.1 Å². The quantitative estimate of drug-likeness (QED) is 0.769. The highest BCUT2D eigenvalue weighted by atomic mass is 16.5. The molecule has 0 bridgehead atoms. The minimum absolute atomic E-state index is 0.212. The molecule has 2 aromatic carbocycles. The van der Waals surface area contributed by atoms with E-state index in [9.17, 15) is 10.3 Å². The number of hydrogen-bond donors (Lipinski definition) is 2. The molecule has 0 radical (unpaired) electrons. The molecule has 0 aliphatic rings. The van der Waals surface area contributed by atoms with Gasteiger partial charge in [0.2, 0.25) is 0 Å². The number of rotatable bonds is 7. The Hall–Kier alpha value is -1.88. The first-order chi connectivity index (χ1) is 10.2. The summed E-state index contributed by atoms with van der Waals surface area (Å²) in [5, 5.41) is 21.0. The molecule has 0 aliphatic heterocycles. The molecule has 0 saturated heterocycles. The number of aliphatic hydroxyl groups excluding tert-OH is 1. The molecule has 0 aromatic heterocycles. The minimum Gasteiger partial charge on any atom is -0.394 e. The monoisotopic (exact) mass is 287 g/mol. The van der Waals surface area contributed by atoms with Gasteiger partial charge in [0.25, 0.3) is 0 Å². The Kier molecular flexibility index (Phi) is 5.33. The van der Waals surface area contributed by atoms with Crippen molar-refractivity contribution in [2.45, 2.75) is 19.1 Å². The fraction of sp³-hybridized carbons (Fsp3) is 0.294. The molecule has 0 spiro atoms. The second-order valence-corrected chi connectivity index (χ2v) is 5.28. The smallest absolute Gasteiger partial charge is 0.110 e. The van der Waals surface area contributed by atoms with Gasteiger partial charge in [0.15, 0.2) is 0 Å². The van der Waals surface area contributed by atoms with Crippen LogP contribution in [0.2, 0.25) is 0 Å². The summed E-state index contributed by atoms with van der Waals surface area (Å²) in [6.07, 6.45) is 0. The molecule has 2 N–H and O–H groups in total. The van der Waals surface area contributed by atoms with Gasteiger partial charge in [-0.15, -0.1) is 0 Å². The number of hydrogen-bond acceptors (Lipinski definition) is 4. The van der Waals surface area contributed by atoms with Crippen LogP contribution >= 0.6 is 0 Å². The average molecular weight is 287 g/mol. The van der Waals surface area contributed by atoms with E-state index in [4.69, 9.17) is 4.74 Å². The van der Waals surface area contributed by atoms with E-state index in [1.807, 2.05) is 48.5 Å². The van der Waals surface area contributed by atoms with Crippen LogP contribution in [0.1, 0.15) is 12.5 Å². The second kappa shape index (κ2) is 7.22. The van der Waals surface area contributed by atoms with E-state index >= 15 is 0 Å². The van der Waals surface area contributed by atoms with E-state index in [-0.39, 0.29) is 13.2 Å². The average Bonchev–Trinajstić information content (AvgIpc) is 2.56. The van der Waals surface area contributed by atoms with E-state index < -0.39 is 5.54 Å². The Morgan fingerprint density at radius 2 is 1.57 bits per heavy atom. The summed E-state index contributed by atoms with van der Waals surface area (Å²) >= 11 is 0. The summed E-state index contributed by atoms with van der Waals surface area (Å²) < 4.78 is 5.66. The van der Waals surface area contributed by atoms with Crippen LogP contribution in [0.4, 0.5) is 5.69 Å². The molecule has 0 fully saturated rings. The van der Waals surface area contributed by atoms with Crippen molar-refractivity contribution >= 4 is 5.69 Å². The van der Waals surface area contributed by atoms with Crippen molar-refractivity contribution < 1.29 is 15.1 Å². The van der Waals surface area contributed by atoms with Crippen molar-refractivity contribution in [3.8, 4) is 0 Å². The summed E-state index contributed by atoms with van der Waals surface area (Å²) in [6, 6.07) is 18.9. The van der Waals surface area contributed by atoms with Crippen molar-refractivity contribution in [1.29, 1.82) is 0 Å². The maximum atomic E-state index is 10.3. The third-order valence-corrected chi connectivity index (χ3v) is 3.38. The van der Waals surface area contributed by atoms with Crippen molar-refractivity contribution in [1.82, 2.24) is 0 Å². The van der Waals surface area contributed by atoms with Gasteiger partial charge in [0.05, 0.1) is 25.5 Å². The maximum Gasteiger partial charge on any atom is 0.110 e. The zero-order valence-electron chi connectivity index (χ0n) is 12.1. The van der Waals surface area contributed by atoms with Gasteiger partial charge in [0.1, 0.15) is 5.54 Å². The Morgan fingerprint density at radius 3 is 2.14 bits per heavy atom. The van der Waals surface area contributed by atoms with Crippen LogP contribution in [0.3, 0.4) is 0 Å². The number of benzene rings is 2. The normalized spacial score (nSPS) is 13.7. The number of anilines is 1. The second-order valence-electron chi connectivity index (χ2n) is 5.28. The number of ether oxygens (including phenoxy) is 1. The lowest BCUT2D eigenvalue weighted by Crippen LogP contribution is -2.51. The van der Waals surface area contributed by atoms with Gasteiger partial charge in [-0.1, -0.05) is 48.5 Å². The largest absolute Gasteiger partial charge is 0.394 e. The Labute approximate surface area is 125 Å². The number of aliphatic hydroxyl groups is 1. The molecular weight excluding hydrogens is 266 g/mol. The van der Waals surface area contributed by atoms with Gasteiger partial charge >= 0.3 is 0 Å². The van der Waals surface area contributed by atoms with Crippen LogP contribution in [0, 0.1) is 0 Å². The molecule has 1 unspecified atom stereocenters.